The molecule has 1 amide bonds. The van der Waals surface area contributed by atoms with Gasteiger partial charge in [0.2, 0.25) is 0 Å². The first-order valence-corrected chi connectivity index (χ1v) is 10.3. The summed E-state index contributed by atoms with van der Waals surface area (Å²) in [5, 5.41) is 4.75. The number of hydrogen-bond acceptors (Lipinski definition) is 6. The van der Waals surface area contributed by atoms with E-state index in [1.165, 1.54) is 33.1 Å². The average Bonchev–Trinajstić information content (AvgIpc) is 3.30. The highest BCUT2D eigenvalue weighted by atomic mass is 32.1. The van der Waals surface area contributed by atoms with Crippen LogP contribution in [-0.4, -0.2) is 15.3 Å². The van der Waals surface area contributed by atoms with Crippen LogP contribution in [0.15, 0.2) is 52.8 Å². The Labute approximate surface area is 169 Å². The number of ether oxygens (including phenoxy) is 1. The molecule has 0 fully saturated rings. The number of benzene rings is 1. The van der Waals surface area contributed by atoms with Crippen molar-refractivity contribution >= 4 is 39.2 Å². The smallest absolute Gasteiger partial charge is 0.265 e. The predicted molar refractivity (Wildman–Crippen MR) is 112 cm³/mol. The maximum Gasteiger partial charge on any atom is 0.265 e. The molecule has 8 heteroatoms. The van der Waals surface area contributed by atoms with Gasteiger partial charge in [0.1, 0.15) is 12.4 Å². The summed E-state index contributed by atoms with van der Waals surface area (Å²) >= 11 is 2.83. The monoisotopic (exact) mass is 411 g/mol. The topological polar surface area (TPSA) is 72.7 Å². The number of carbonyl (C=O) groups is 1. The van der Waals surface area contributed by atoms with Gasteiger partial charge in [0.25, 0.3) is 11.5 Å². The molecule has 0 bridgehead atoms. The summed E-state index contributed by atoms with van der Waals surface area (Å²) in [4.78, 5) is 31.4. The van der Waals surface area contributed by atoms with Crippen molar-refractivity contribution in [2.24, 2.45) is 0 Å². The number of anilines is 1. The predicted octanol–water partition coefficient (Wildman–Crippen LogP) is 4.27. The van der Waals surface area contributed by atoms with Gasteiger partial charge in [0.05, 0.1) is 16.3 Å². The molecule has 0 aliphatic carbocycles. The normalized spacial score (nSPS) is 10.9. The summed E-state index contributed by atoms with van der Waals surface area (Å²) in [7, 11) is 0. The lowest BCUT2D eigenvalue weighted by Gasteiger charge is -2.13. The van der Waals surface area contributed by atoms with Crippen LogP contribution in [0.1, 0.15) is 25.8 Å². The van der Waals surface area contributed by atoms with Crippen molar-refractivity contribution in [1.29, 1.82) is 0 Å². The average molecular weight is 412 g/mol. The fourth-order valence-electron chi connectivity index (χ4n) is 2.74. The fraction of sp³-hybridized carbons (Fsp3) is 0.150. The molecule has 0 unspecified atom stereocenters. The van der Waals surface area contributed by atoms with E-state index in [0.717, 1.165) is 10.4 Å². The first-order valence-electron chi connectivity index (χ1n) is 8.56. The zero-order valence-electron chi connectivity index (χ0n) is 15.3. The van der Waals surface area contributed by atoms with Crippen LogP contribution in [-0.2, 0) is 6.61 Å². The van der Waals surface area contributed by atoms with E-state index in [-0.39, 0.29) is 18.1 Å². The van der Waals surface area contributed by atoms with E-state index >= 15 is 0 Å². The van der Waals surface area contributed by atoms with Gasteiger partial charge in [-0.3, -0.25) is 14.0 Å². The Morgan fingerprint density at radius 1 is 1.25 bits per heavy atom. The molecule has 6 nitrogen and oxygen atoms in total. The van der Waals surface area contributed by atoms with Gasteiger partial charge in [-0.05, 0) is 43.0 Å². The highest BCUT2D eigenvalue weighted by Gasteiger charge is 2.12. The Balaban J connectivity index is 1.56. The van der Waals surface area contributed by atoms with Crippen LogP contribution in [0.5, 0.6) is 5.75 Å². The molecule has 142 valence electrons. The molecular formula is C20H17N3O3S2. The highest BCUT2D eigenvalue weighted by Crippen LogP contribution is 2.27. The number of fused-ring (bicyclic) bond motifs is 1. The van der Waals surface area contributed by atoms with Gasteiger partial charge in [-0.1, -0.05) is 12.1 Å². The number of thiophene rings is 1. The summed E-state index contributed by atoms with van der Waals surface area (Å²) in [5.74, 6) is 0.345. The Hall–Kier alpha value is -2.97. The van der Waals surface area contributed by atoms with Gasteiger partial charge in [0, 0.05) is 17.1 Å². The minimum absolute atomic E-state index is 0.133. The van der Waals surface area contributed by atoms with Crippen molar-refractivity contribution in [3.05, 3.63) is 79.3 Å². The first kappa shape index (κ1) is 18.4. The quantitative estimate of drug-likeness (QED) is 0.532. The third-order valence-corrected chi connectivity index (χ3v) is 5.81. The first-order chi connectivity index (χ1) is 13.5. The van der Waals surface area contributed by atoms with Crippen molar-refractivity contribution in [3.63, 3.8) is 0 Å². The van der Waals surface area contributed by atoms with Gasteiger partial charge < -0.3 is 10.1 Å². The van der Waals surface area contributed by atoms with Crippen LogP contribution in [0.25, 0.3) is 4.96 Å². The maximum absolute atomic E-state index is 12.4. The Morgan fingerprint density at radius 2 is 2.11 bits per heavy atom. The molecule has 0 spiro atoms. The van der Waals surface area contributed by atoms with E-state index in [1.54, 1.807) is 18.3 Å². The van der Waals surface area contributed by atoms with Gasteiger partial charge in [-0.25, -0.2) is 4.98 Å². The molecule has 0 radical (unpaired) electrons. The molecule has 0 aliphatic heterocycles. The minimum Gasteiger partial charge on any atom is -0.485 e. The van der Waals surface area contributed by atoms with E-state index in [1.807, 2.05) is 37.4 Å². The van der Waals surface area contributed by atoms with E-state index < -0.39 is 0 Å². The number of nitrogens with one attached hydrogen (secondary N) is 1. The molecule has 4 aromatic rings. The molecule has 0 saturated carbocycles. The van der Waals surface area contributed by atoms with Crippen molar-refractivity contribution < 1.29 is 9.53 Å². The summed E-state index contributed by atoms with van der Waals surface area (Å²) in [6.45, 7) is 4.01. The maximum atomic E-state index is 12.4. The molecule has 0 saturated heterocycles. The molecule has 1 aromatic carbocycles. The number of carbonyl (C=O) groups excluding carboxylic acids is 1. The zero-order chi connectivity index (χ0) is 19.7. The fourth-order valence-corrected chi connectivity index (χ4v) is 4.21. The number of thiazole rings is 1. The van der Waals surface area contributed by atoms with Gasteiger partial charge in [0.15, 0.2) is 4.96 Å². The molecular weight excluding hydrogens is 394 g/mol. The number of nitrogens with zero attached hydrogens (tertiary/aromatic N) is 2. The largest absolute Gasteiger partial charge is 0.485 e. The summed E-state index contributed by atoms with van der Waals surface area (Å²) in [5.41, 5.74) is 2.00. The number of rotatable bonds is 5. The molecule has 1 N–H and O–H groups in total. The minimum atomic E-state index is -0.183. The SMILES string of the molecule is Cc1ccc(OCc2cc(=O)n3cc(C)sc3n2)c(NC(=O)c2cccs2)c1. The third-order valence-electron chi connectivity index (χ3n) is 4.04. The van der Waals surface area contributed by atoms with Crippen molar-refractivity contribution in [2.75, 3.05) is 5.32 Å². The third kappa shape index (κ3) is 3.83. The van der Waals surface area contributed by atoms with Crippen molar-refractivity contribution in [3.8, 4) is 5.75 Å². The molecule has 28 heavy (non-hydrogen) atoms. The highest BCUT2D eigenvalue weighted by molar-refractivity contribution is 7.16. The molecule has 3 heterocycles. The van der Waals surface area contributed by atoms with Crippen molar-refractivity contribution in [1.82, 2.24) is 9.38 Å². The van der Waals surface area contributed by atoms with Gasteiger partial charge >= 0.3 is 0 Å². The second kappa shape index (κ2) is 7.57. The van der Waals surface area contributed by atoms with Crippen LogP contribution in [0.4, 0.5) is 5.69 Å². The summed E-state index contributed by atoms with van der Waals surface area (Å²) in [6.07, 6.45) is 1.78. The standard InChI is InChI=1S/C20H17N3O3S2/c1-12-5-6-16(15(8-12)22-19(25)17-4-3-7-27-17)26-11-14-9-18(24)23-10-13(2)28-20(23)21-14/h3-10H,11H2,1-2H3,(H,22,25). The van der Waals surface area contributed by atoms with Crippen LogP contribution in [0.2, 0.25) is 0 Å². The van der Waals surface area contributed by atoms with Crippen LogP contribution >= 0.6 is 22.7 Å². The van der Waals surface area contributed by atoms with Crippen LogP contribution in [0.3, 0.4) is 0 Å². The molecule has 4 rings (SSSR count). The lowest BCUT2D eigenvalue weighted by atomic mass is 10.2. The second-order valence-electron chi connectivity index (χ2n) is 6.30. The second-order valence-corrected chi connectivity index (χ2v) is 8.46. The number of aryl methyl sites for hydroxylation is 2. The van der Waals surface area contributed by atoms with Crippen LogP contribution < -0.4 is 15.6 Å². The zero-order valence-corrected chi connectivity index (χ0v) is 16.9. The molecule has 3 aromatic heterocycles. The molecule has 0 aliphatic rings. The Morgan fingerprint density at radius 3 is 2.89 bits per heavy atom. The van der Waals surface area contributed by atoms with Crippen LogP contribution in [0, 0.1) is 13.8 Å². The van der Waals surface area contributed by atoms with E-state index in [4.69, 9.17) is 4.74 Å². The number of amides is 1. The Kier molecular flexibility index (Phi) is 4.97. The number of hydrogen-bond donors (Lipinski definition) is 1. The molecule has 0 atom stereocenters. The lowest BCUT2D eigenvalue weighted by Crippen LogP contribution is -2.15. The Bertz CT molecular complexity index is 1210. The van der Waals surface area contributed by atoms with Gasteiger partial charge in [-0.15, -0.1) is 22.7 Å². The van der Waals surface area contributed by atoms with E-state index in [0.29, 0.717) is 27.0 Å². The summed E-state index contributed by atoms with van der Waals surface area (Å²) < 4.78 is 7.42. The van der Waals surface area contributed by atoms with E-state index in [2.05, 4.69) is 10.3 Å². The lowest BCUT2D eigenvalue weighted by molar-refractivity contribution is 0.103. The van der Waals surface area contributed by atoms with E-state index in [9.17, 15) is 9.59 Å². The van der Waals surface area contributed by atoms with Crippen molar-refractivity contribution in [2.45, 2.75) is 20.5 Å². The number of aromatic nitrogens is 2. The summed E-state index contributed by atoms with van der Waals surface area (Å²) in [6, 6.07) is 10.6. The van der Waals surface area contributed by atoms with Gasteiger partial charge in [-0.2, -0.15) is 0 Å².